The van der Waals surface area contributed by atoms with Crippen LogP contribution in [-0.4, -0.2) is 23.6 Å². The minimum Gasteiger partial charge on any atom is -0.313 e. The van der Waals surface area contributed by atoms with Crippen molar-refractivity contribution in [3.05, 3.63) is 0 Å². The van der Waals surface area contributed by atoms with Crippen LogP contribution in [0.1, 0.15) is 38.5 Å². The average Bonchev–Trinajstić information content (AvgIpc) is 2.74. The van der Waals surface area contributed by atoms with Crippen molar-refractivity contribution in [1.29, 1.82) is 0 Å². The topological polar surface area (TPSA) is 12.0 Å². The van der Waals surface area contributed by atoms with Gasteiger partial charge < -0.3 is 5.32 Å². The second-order valence-corrected chi connectivity index (χ2v) is 5.37. The van der Waals surface area contributed by atoms with Crippen molar-refractivity contribution >= 4 is 11.8 Å². The lowest BCUT2D eigenvalue weighted by Gasteiger charge is -2.13. The lowest BCUT2D eigenvalue weighted by atomic mass is 10.3. The summed E-state index contributed by atoms with van der Waals surface area (Å²) in [4.78, 5) is 0. The third-order valence-electron chi connectivity index (χ3n) is 3.00. The van der Waals surface area contributed by atoms with Crippen LogP contribution in [0.15, 0.2) is 0 Å². The molecule has 0 radical (unpaired) electrons. The lowest BCUT2D eigenvalue weighted by Crippen LogP contribution is -2.24. The lowest BCUT2D eigenvalue weighted by molar-refractivity contribution is 0.672. The molecule has 2 heteroatoms. The Balaban J connectivity index is 1.60. The van der Waals surface area contributed by atoms with E-state index in [4.69, 9.17) is 0 Å². The van der Waals surface area contributed by atoms with Crippen LogP contribution in [0.4, 0.5) is 0 Å². The summed E-state index contributed by atoms with van der Waals surface area (Å²) < 4.78 is 0. The van der Waals surface area contributed by atoms with E-state index in [0.29, 0.717) is 0 Å². The smallest absolute Gasteiger partial charge is 0.0158 e. The van der Waals surface area contributed by atoms with Gasteiger partial charge in [-0.15, -0.1) is 0 Å². The van der Waals surface area contributed by atoms with Crippen LogP contribution < -0.4 is 5.32 Å². The van der Waals surface area contributed by atoms with Crippen LogP contribution in [0.25, 0.3) is 0 Å². The highest BCUT2D eigenvalue weighted by Crippen LogP contribution is 2.30. The molecule has 1 N–H and O–H groups in total. The Kier molecular flexibility index (Phi) is 3.35. The second-order valence-electron chi connectivity index (χ2n) is 4.03. The van der Waals surface area contributed by atoms with Crippen LogP contribution in [0.2, 0.25) is 0 Å². The Morgan fingerprint density at radius 2 is 1.92 bits per heavy atom. The van der Waals surface area contributed by atoms with Gasteiger partial charge in [-0.3, -0.25) is 0 Å². The van der Waals surface area contributed by atoms with Gasteiger partial charge in [0.1, 0.15) is 0 Å². The van der Waals surface area contributed by atoms with Gasteiger partial charge in [-0.25, -0.2) is 0 Å². The maximum atomic E-state index is 3.56. The average molecular weight is 185 g/mol. The summed E-state index contributed by atoms with van der Waals surface area (Å²) in [6.45, 7) is 1.26. The van der Waals surface area contributed by atoms with Gasteiger partial charge in [0.15, 0.2) is 0 Å². The third kappa shape index (κ3) is 2.40. The molecule has 1 heterocycles. The molecule has 2 fully saturated rings. The van der Waals surface area contributed by atoms with E-state index in [1.807, 2.05) is 0 Å². The zero-order valence-corrected chi connectivity index (χ0v) is 8.54. The molecule has 0 aromatic heterocycles. The molecule has 2 rings (SSSR count). The van der Waals surface area contributed by atoms with Crippen molar-refractivity contribution in [2.45, 2.75) is 49.8 Å². The summed E-state index contributed by atoms with van der Waals surface area (Å²) in [5, 5.41) is 4.57. The fourth-order valence-electron chi connectivity index (χ4n) is 2.21. The molecule has 1 aliphatic carbocycles. The predicted octanol–water partition coefficient (Wildman–Crippen LogP) is 2.41. The SMILES string of the molecule is C1CCC(SC[C@@H]2CCCN2)C1. The molecule has 0 spiro atoms. The molecule has 1 nitrogen and oxygen atoms in total. The van der Waals surface area contributed by atoms with Crippen molar-refractivity contribution in [3.63, 3.8) is 0 Å². The first-order chi connectivity index (χ1) is 5.95. The van der Waals surface area contributed by atoms with Gasteiger partial charge in [-0.05, 0) is 32.2 Å². The van der Waals surface area contributed by atoms with E-state index >= 15 is 0 Å². The molecule has 0 aromatic rings. The van der Waals surface area contributed by atoms with Crippen molar-refractivity contribution in [3.8, 4) is 0 Å². The Labute approximate surface area is 79.7 Å². The van der Waals surface area contributed by atoms with Crippen LogP contribution in [0.5, 0.6) is 0 Å². The normalized spacial score (nSPS) is 31.5. The molecular weight excluding hydrogens is 166 g/mol. The molecule has 1 saturated carbocycles. The molecule has 70 valence electrons. The second kappa shape index (κ2) is 4.52. The first-order valence-electron chi connectivity index (χ1n) is 5.30. The van der Waals surface area contributed by atoms with Crippen molar-refractivity contribution in [2.24, 2.45) is 0 Å². The highest BCUT2D eigenvalue weighted by atomic mass is 32.2. The summed E-state index contributed by atoms with van der Waals surface area (Å²) >= 11 is 2.22. The van der Waals surface area contributed by atoms with Gasteiger partial charge >= 0.3 is 0 Å². The number of thioether (sulfide) groups is 1. The minimum absolute atomic E-state index is 0.843. The van der Waals surface area contributed by atoms with Gasteiger partial charge in [0, 0.05) is 17.0 Å². The molecule has 12 heavy (non-hydrogen) atoms. The van der Waals surface area contributed by atoms with Crippen LogP contribution >= 0.6 is 11.8 Å². The number of nitrogens with one attached hydrogen (secondary N) is 1. The van der Waals surface area contributed by atoms with E-state index in [1.54, 1.807) is 0 Å². The monoisotopic (exact) mass is 185 g/mol. The van der Waals surface area contributed by atoms with Crippen LogP contribution in [-0.2, 0) is 0 Å². The molecule has 1 saturated heterocycles. The van der Waals surface area contributed by atoms with Crippen molar-refractivity contribution in [1.82, 2.24) is 5.32 Å². The maximum Gasteiger partial charge on any atom is 0.0158 e. The fraction of sp³-hybridized carbons (Fsp3) is 1.00. The molecule has 2 aliphatic rings. The summed E-state index contributed by atoms with van der Waals surface area (Å²) in [6, 6.07) is 0.843. The van der Waals surface area contributed by atoms with Crippen LogP contribution in [0, 0.1) is 0 Å². The van der Waals surface area contributed by atoms with Gasteiger partial charge in [0.2, 0.25) is 0 Å². The Hall–Kier alpha value is 0.310. The standard InChI is InChI=1S/C10H19NS/c1-2-6-10(5-1)12-8-9-4-3-7-11-9/h9-11H,1-8H2/t9-/m0/s1. The third-order valence-corrected chi connectivity index (χ3v) is 4.54. The highest BCUT2D eigenvalue weighted by molar-refractivity contribution is 7.99. The quantitative estimate of drug-likeness (QED) is 0.724. The Bertz CT molecular complexity index is 110. The highest BCUT2D eigenvalue weighted by Gasteiger charge is 2.19. The summed E-state index contributed by atoms with van der Waals surface area (Å²) in [5.41, 5.74) is 0. The van der Waals surface area contributed by atoms with E-state index in [9.17, 15) is 0 Å². The zero-order chi connectivity index (χ0) is 8.23. The van der Waals surface area contributed by atoms with E-state index in [2.05, 4.69) is 17.1 Å². The zero-order valence-electron chi connectivity index (χ0n) is 7.72. The molecular formula is C10H19NS. The number of hydrogen-bond acceptors (Lipinski definition) is 2. The maximum absolute atomic E-state index is 3.56. The van der Waals surface area contributed by atoms with Crippen LogP contribution in [0.3, 0.4) is 0 Å². The minimum atomic E-state index is 0.843. The van der Waals surface area contributed by atoms with Gasteiger partial charge in [-0.1, -0.05) is 12.8 Å². The first-order valence-corrected chi connectivity index (χ1v) is 6.35. The molecule has 1 atom stereocenters. The van der Waals surface area contributed by atoms with E-state index in [0.717, 1.165) is 11.3 Å². The Morgan fingerprint density at radius 1 is 1.08 bits per heavy atom. The number of hydrogen-bond donors (Lipinski definition) is 1. The molecule has 0 amide bonds. The molecule has 0 aromatic carbocycles. The van der Waals surface area contributed by atoms with E-state index in [1.165, 1.54) is 50.8 Å². The summed E-state index contributed by atoms with van der Waals surface area (Å²) in [6.07, 6.45) is 8.75. The Morgan fingerprint density at radius 3 is 2.58 bits per heavy atom. The molecule has 1 aliphatic heterocycles. The predicted molar refractivity (Wildman–Crippen MR) is 55.7 cm³/mol. The van der Waals surface area contributed by atoms with Gasteiger partial charge in [-0.2, -0.15) is 11.8 Å². The van der Waals surface area contributed by atoms with E-state index < -0.39 is 0 Å². The fourth-order valence-corrected chi connectivity index (χ4v) is 3.66. The van der Waals surface area contributed by atoms with Gasteiger partial charge in [0.05, 0.1) is 0 Å². The largest absolute Gasteiger partial charge is 0.313 e. The summed E-state index contributed by atoms with van der Waals surface area (Å²) in [5.74, 6) is 1.37. The van der Waals surface area contributed by atoms with Crippen molar-refractivity contribution < 1.29 is 0 Å². The van der Waals surface area contributed by atoms with Gasteiger partial charge in [0.25, 0.3) is 0 Å². The summed E-state index contributed by atoms with van der Waals surface area (Å²) in [7, 11) is 0. The van der Waals surface area contributed by atoms with Crippen molar-refractivity contribution in [2.75, 3.05) is 12.3 Å². The first kappa shape index (κ1) is 8.89. The van der Waals surface area contributed by atoms with E-state index in [-0.39, 0.29) is 0 Å². The molecule has 0 bridgehead atoms. The molecule has 0 unspecified atom stereocenters. The number of rotatable bonds is 3.